The fraction of sp³-hybridized carbons (Fsp3) is 0.409. The van der Waals surface area contributed by atoms with E-state index in [0.29, 0.717) is 23.6 Å². The summed E-state index contributed by atoms with van der Waals surface area (Å²) < 4.78 is 38.5. The summed E-state index contributed by atoms with van der Waals surface area (Å²) in [5, 5.41) is 16.6. The van der Waals surface area contributed by atoms with E-state index in [1.807, 2.05) is 4.90 Å². The van der Waals surface area contributed by atoms with E-state index in [1.165, 1.54) is 24.8 Å². The van der Waals surface area contributed by atoms with Gasteiger partial charge in [0.1, 0.15) is 30.2 Å². The van der Waals surface area contributed by atoms with Crippen LogP contribution in [0.15, 0.2) is 43.0 Å². The second-order valence-corrected chi connectivity index (χ2v) is 8.75. The van der Waals surface area contributed by atoms with Crippen LogP contribution in [0, 0.1) is 5.92 Å². The van der Waals surface area contributed by atoms with Gasteiger partial charge in [-0.25, -0.2) is 15.0 Å². The summed E-state index contributed by atoms with van der Waals surface area (Å²) in [4.78, 5) is 27.4. The molecular weight excluding hydrogens is 451 g/mol. The average Bonchev–Trinajstić information content (AvgIpc) is 3.43. The summed E-state index contributed by atoms with van der Waals surface area (Å²) in [7, 11) is 0. The molecule has 34 heavy (non-hydrogen) atoms. The van der Waals surface area contributed by atoms with E-state index in [0.717, 1.165) is 17.6 Å². The molecule has 0 bridgehead atoms. The predicted octanol–water partition coefficient (Wildman–Crippen LogP) is 3.15. The molecule has 0 aliphatic carbocycles. The van der Waals surface area contributed by atoms with Gasteiger partial charge in [-0.1, -0.05) is 6.07 Å². The van der Waals surface area contributed by atoms with Gasteiger partial charge >= 0.3 is 6.18 Å². The van der Waals surface area contributed by atoms with Gasteiger partial charge in [0.15, 0.2) is 0 Å². The molecule has 1 aliphatic rings. The Labute approximate surface area is 193 Å². The number of rotatable bonds is 6. The number of nitrogens with zero attached hydrogens (tertiary/aromatic N) is 6. The van der Waals surface area contributed by atoms with Crippen LogP contribution in [0.1, 0.15) is 30.8 Å². The highest BCUT2D eigenvalue weighted by atomic mass is 19.4. The first kappa shape index (κ1) is 23.6. The molecule has 0 unspecified atom stereocenters. The van der Waals surface area contributed by atoms with Crippen LogP contribution in [-0.4, -0.2) is 60.6 Å². The second kappa shape index (κ2) is 9.01. The lowest BCUT2D eigenvalue weighted by atomic mass is 9.90. The summed E-state index contributed by atoms with van der Waals surface area (Å²) in [5.74, 6) is 0.501. The van der Waals surface area contributed by atoms with Crippen molar-refractivity contribution < 1.29 is 23.1 Å². The van der Waals surface area contributed by atoms with E-state index in [2.05, 4.69) is 25.4 Å². The number of aliphatic hydroxyl groups is 1. The molecule has 1 aliphatic heterocycles. The number of hydrogen-bond acceptors (Lipinski definition) is 7. The number of carbonyl (C=O) groups is 1. The van der Waals surface area contributed by atoms with E-state index >= 15 is 0 Å². The zero-order valence-electron chi connectivity index (χ0n) is 18.6. The standard InChI is InChI=1S/C22H24F3N7O2/c1-21(2,34)15-6-7-31(11-15)19-8-18(26-13-27-19)30-20(33)17-5-3-4-16(29-17)14-9-28-32(10-14)12-22(23,24)25/h3-5,8-10,13,15,34H,6-7,11-12H2,1-2H3,(H,26,27,30,33)/t15-/m1/s1. The summed E-state index contributed by atoms with van der Waals surface area (Å²) in [6.07, 6.45) is 0.278. The first-order valence-electron chi connectivity index (χ1n) is 10.7. The molecule has 0 spiro atoms. The average molecular weight is 475 g/mol. The van der Waals surface area contributed by atoms with Crippen molar-refractivity contribution in [2.75, 3.05) is 23.3 Å². The fourth-order valence-electron chi connectivity index (χ4n) is 3.80. The number of anilines is 2. The van der Waals surface area contributed by atoms with Crippen molar-refractivity contribution in [1.82, 2.24) is 24.7 Å². The minimum absolute atomic E-state index is 0.0736. The number of carbonyl (C=O) groups excluding carboxylic acids is 1. The van der Waals surface area contributed by atoms with Crippen LogP contribution in [0.5, 0.6) is 0 Å². The molecule has 12 heteroatoms. The van der Waals surface area contributed by atoms with Crippen LogP contribution in [0.25, 0.3) is 11.3 Å². The molecule has 180 valence electrons. The fourth-order valence-corrected chi connectivity index (χ4v) is 3.80. The van der Waals surface area contributed by atoms with Crippen LogP contribution in [0.4, 0.5) is 24.8 Å². The van der Waals surface area contributed by atoms with Crippen molar-refractivity contribution in [3.63, 3.8) is 0 Å². The Morgan fingerprint density at radius 2 is 2.06 bits per heavy atom. The van der Waals surface area contributed by atoms with Gasteiger partial charge in [-0.05, 0) is 32.4 Å². The number of aromatic nitrogens is 5. The molecule has 1 saturated heterocycles. The highest BCUT2D eigenvalue weighted by Crippen LogP contribution is 2.30. The molecule has 2 N–H and O–H groups in total. The molecule has 4 heterocycles. The van der Waals surface area contributed by atoms with E-state index < -0.39 is 24.2 Å². The molecular formula is C22H24F3N7O2. The molecule has 0 saturated carbocycles. The minimum Gasteiger partial charge on any atom is -0.390 e. The van der Waals surface area contributed by atoms with Crippen molar-refractivity contribution in [3.8, 4) is 11.3 Å². The largest absolute Gasteiger partial charge is 0.408 e. The first-order valence-corrected chi connectivity index (χ1v) is 10.7. The van der Waals surface area contributed by atoms with Crippen LogP contribution >= 0.6 is 0 Å². The van der Waals surface area contributed by atoms with Gasteiger partial charge in [0.25, 0.3) is 5.91 Å². The molecule has 1 amide bonds. The predicted molar refractivity (Wildman–Crippen MR) is 118 cm³/mol. The third-order valence-corrected chi connectivity index (χ3v) is 5.66. The van der Waals surface area contributed by atoms with E-state index in [1.54, 1.807) is 32.0 Å². The quantitative estimate of drug-likeness (QED) is 0.564. The smallest absolute Gasteiger partial charge is 0.390 e. The molecule has 1 fully saturated rings. The van der Waals surface area contributed by atoms with Gasteiger partial charge in [-0.15, -0.1) is 0 Å². The number of hydrogen-bond donors (Lipinski definition) is 2. The Balaban J connectivity index is 1.45. The Hall–Kier alpha value is -3.54. The Morgan fingerprint density at radius 3 is 2.76 bits per heavy atom. The van der Waals surface area contributed by atoms with Gasteiger partial charge in [-0.2, -0.15) is 18.3 Å². The van der Waals surface area contributed by atoms with Crippen molar-refractivity contribution >= 4 is 17.5 Å². The number of alkyl halides is 3. The lowest BCUT2D eigenvalue weighted by Gasteiger charge is -2.25. The van der Waals surface area contributed by atoms with Crippen LogP contribution in [-0.2, 0) is 6.54 Å². The normalized spacial score (nSPS) is 16.6. The van der Waals surface area contributed by atoms with Gasteiger partial charge in [-0.3, -0.25) is 9.48 Å². The molecule has 0 radical (unpaired) electrons. The molecule has 3 aromatic heterocycles. The van der Waals surface area contributed by atoms with Gasteiger partial charge in [0.2, 0.25) is 0 Å². The summed E-state index contributed by atoms with van der Waals surface area (Å²) in [6, 6.07) is 6.32. The van der Waals surface area contributed by atoms with Gasteiger partial charge in [0.05, 0.1) is 17.5 Å². The molecule has 4 rings (SSSR count). The van der Waals surface area contributed by atoms with Crippen molar-refractivity contribution in [3.05, 3.63) is 48.7 Å². The van der Waals surface area contributed by atoms with Crippen LogP contribution in [0.3, 0.4) is 0 Å². The van der Waals surface area contributed by atoms with Crippen LogP contribution < -0.4 is 10.2 Å². The molecule has 3 aromatic rings. The monoisotopic (exact) mass is 475 g/mol. The van der Waals surface area contributed by atoms with E-state index in [-0.39, 0.29) is 17.4 Å². The maximum Gasteiger partial charge on any atom is 0.408 e. The summed E-state index contributed by atoms with van der Waals surface area (Å²) in [5.41, 5.74) is -0.0408. The maximum atomic E-state index is 12.8. The van der Waals surface area contributed by atoms with Gasteiger partial charge < -0.3 is 15.3 Å². The number of pyridine rings is 1. The van der Waals surface area contributed by atoms with Crippen molar-refractivity contribution in [2.24, 2.45) is 5.92 Å². The third kappa shape index (κ3) is 5.68. The molecule has 0 aromatic carbocycles. The highest BCUT2D eigenvalue weighted by Gasteiger charge is 2.34. The molecule has 1 atom stereocenters. The van der Waals surface area contributed by atoms with Crippen LogP contribution in [0.2, 0.25) is 0 Å². The van der Waals surface area contributed by atoms with Crippen molar-refractivity contribution in [1.29, 1.82) is 0 Å². The zero-order chi connectivity index (χ0) is 24.5. The first-order chi connectivity index (χ1) is 16.0. The number of amides is 1. The van der Waals surface area contributed by atoms with E-state index in [9.17, 15) is 23.1 Å². The second-order valence-electron chi connectivity index (χ2n) is 8.75. The number of nitrogens with one attached hydrogen (secondary N) is 1. The lowest BCUT2D eigenvalue weighted by molar-refractivity contribution is -0.142. The summed E-state index contributed by atoms with van der Waals surface area (Å²) >= 11 is 0. The maximum absolute atomic E-state index is 12.8. The Bertz CT molecular complexity index is 1170. The SMILES string of the molecule is CC(C)(O)[C@@H]1CCN(c2cc(NC(=O)c3cccc(-c4cnn(CC(F)(F)F)c4)n3)ncn2)C1. The Kier molecular flexibility index (Phi) is 6.26. The minimum atomic E-state index is -4.39. The highest BCUT2D eigenvalue weighted by molar-refractivity contribution is 6.02. The van der Waals surface area contributed by atoms with Gasteiger partial charge in [0, 0.05) is 36.8 Å². The lowest BCUT2D eigenvalue weighted by Crippen LogP contribution is -2.33. The van der Waals surface area contributed by atoms with E-state index in [4.69, 9.17) is 0 Å². The number of halogens is 3. The summed E-state index contributed by atoms with van der Waals surface area (Å²) in [6.45, 7) is 3.73. The third-order valence-electron chi connectivity index (χ3n) is 5.66. The zero-order valence-corrected chi connectivity index (χ0v) is 18.6. The topological polar surface area (TPSA) is 109 Å². The Morgan fingerprint density at radius 1 is 1.26 bits per heavy atom. The molecule has 9 nitrogen and oxygen atoms in total. The van der Waals surface area contributed by atoms with Crippen molar-refractivity contribution in [2.45, 2.75) is 38.6 Å².